The fourth-order valence-electron chi connectivity index (χ4n) is 3.82. The van der Waals surface area contributed by atoms with E-state index in [0.717, 1.165) is 36.7 Å². The van der Waals surface area contributed by atoms with Gasteiger partial charge in [0.15, 0.2) is 11.5 Å². The van der Waals surface area contributed by atoms with E-state index in [1.54, 1.807) is 16.8 Å². The molecule has 0 aliphatic carbocycles. The van der Waals surface area contributed by atoms with Gasteiger partial charge in [0, 0.05) is 62.6 Å². The molecule has 0 radical (unpaired) electrons. The highest BCUT2D eigenvalue weighted by molar-refractivity contribution is 6.35. The quantitative estimate of drug-likeness (QED) is 0.438. The zero-order valence-corrected chi connectivity index (χ0v) is 18.0. The van der Waals surface area contributed by atoms with Gasteiger partial charge in [0.05, 0.1) is 22.0 Å². The van der Waals surface area contributed by atoms with Gasteiger partial charge in [-0.15, -0.1) is 0 Å². The summed E-state index contributed by atoms with van der Waals surface area (Å²) in [5.74, 6) is -0.250. The lowest BCUT2D eigenvalue weighted by atomic mass is 10.1. The van der Waals surface area contributed by atoms with Crippen molar-refractivity contribution in [1.82, 2.24) is 14.7 Å². The average molecular weight is 430 g/mol. The maximum absolute atomic E-state index is 14.4. The van der Waals surface area contributed by atoms with Gasteiger partial charge in [0.25, 0.3) is 0 Å². The third-order valence-corrected chi connectivity index (χ3v) is 5.49. The molecule has 7 nitrogen and oxygen atoms in total. The number of piperazine rings is 1. The molecule has 1 atom stereocenters. The van der Waals surface area contributed by atoms with E-state index in [-0.39, 0.29) is 11.5 Å². The molecule has 4 N–H and O–H groups in total. The third-order valence-electron chi connectivity index (χ3n) is 5.20. The second kappa shape index (κ2) is 8.12. The summed E-state index contributed by atoms with van der Waals surface area (Å²) in [6, 6.07) is 5.64. The van der Waals surface area contributed by atoms with Crippen LogP contribution in [-0.4, -0.2) is 47.9 Å². The van der Waals surface area contributed by atoms with Gasteiger partial charge in [0.1, 0.15) is 5.84 Å². The first kappa shape index (κ1) is 20.4. The van der Waals surface area contributed by atoms with Crippen molar-refractivity contribution >= 4 is 40.1 Å². The number of aryl methyl sites for hydroxylation is 1. The predicted octanol–water partition coefficient (Wildman–Crippen LogP) is 3.31. The fraction of sp³-hybridized carbons (Fsp3) is 0.333. The van der Waals surface area contributed by atoms with Gasteiger partial charge in [-0.3, -0.25) is 0 Å². The molecule has 3 heterocycles. The van der Waals surface area contributed by atoms with Crippen molar-refractivity contribution in [3.8, 4) is 0 Å². The molecule has 158 valence electrons. The van der Waals surface area contributed by atoms with Gasteiger partial charge < -0.3 is 25.7 Å². The molecule has 0 bridgehead atoms. The number of benzene rings is 1. The van der Waals surface area contributed by atoms with Crippen LogP contribution in [0.2, 0.25) is 5.02 Å². The van der Waals surface area contributed by atoms with E-state index in [4.69, 9.17) is 17.3 Å². The van der Waals surface area contributed by atoms with Crippen LogP contribution >= 0.6 is 11.6 Å². The second-order valence-corrected chi connectivity index (χ2v) is 7.96. The summed E-state index contributed by atoms with van der Waals surface area (Å²) >= 11 is 6.63. The van der Waals surface area contributed by atoms with E-state index < -0.39 is 5.82 Å². The van der Waals surface area contributed by atoms with Gasteiger partial charge in [-0.2, -0.15) is 0 Å². The zero-order valence-electron chi connectivity index (χ0n) is 17.2. The van der Waals surface area contributed by atoms with Crippen molar-refractivity contribution in [2.75, 3.05) is 36.9 Å². The van der Waals surface area contributed by atoms with Crippen molar-refractivity contribution in [1.29, 1.82) is 0 Å². The first-order chi connectivity index (χ1) is 14.4. The number of anilines is 2. The number of aromatic nitrogens is 2. The third kappa shape index (κ3) is 3.93. The molecule has 0 amide bonds. The Balaban J connectivity index is 1.72. The second-order valence-electron chi connectivity index (χ2n) is 7.56. The Morgan fingerprint density at radius 3 is 2.90 bits per heavy atom. The summed E-state index contributed by atoms with van der Waals surface area (Å²) in [5, 5.41) is 7.09. The minimum atomic E-state index is -0.458. The molecule has 30 heavy (non-hydrogen) atoms. The zero-order chi connectivity index (χ0) is 21.4. The van der Waals surface area contributed by atoms with Crippen LogP contribution in [0.4, 0.5) is 21.5 Å². The summed E-state index contributed by atoms with van der Waals surface area (Å²) in [6.45, 7) is 6.68. The molecule has 1 aliphatic heterocycles. The SMILES string of the molecule is CNc1cc(N2CCNC(C)C2)cc(Cl)c1C(N)=Nc1cc(F)c2nc(C)cn2c1. The Bertz CT molecular complexity index is 1120. The number of halogens is 2. The predicted molar refractivity (Wildman–Crippen MR) is 121 cm³/mol. The number of rotatable bonds is 4. The highest BCUT2D eigenvalue weighted by Gasteiger charge is 2.20. The largest absolute Gasteiger partial charge is 0.387 e. The molecule has 1 fully saturated rings. The molecular formula is C21H25ClFN7. The smallest absolute Gasteiger partial charge is 0.173 e. The minimum Gasteiger partial charge on any atom is -0.387 e. The highest BCUT2D eigenvalue weighted by Crippen LogP contribution is 2.32. The molecule has 1 aromatic carbocycles. The number of nitrogens with two attached hydrogens (primary N) is 1. The molecule has 1 aliphatic rings. The van der Waals surface area contributed by atoms with E-state index in [9.17, 15) is 4.39 Å². The minimum absolute atomic E-state index is 0.208. The van der Waals surface area contributed by atoms with Crippen LogP contribution in [0.1, 0.15) is 18.2 Å². The molecule has 0 saturated carbocycles. The number of aliphatic imine (C=N–C) groups is 1. The van der Waals surface area contributed by atoms with Gasteiger partial charge in [-0.05, 0) is 26.0 Å². The Morgan fingerprint density at radius 2 is 2.17 bits per heavy atom. The van der Waals surface area contributed by atoms with Crippen LogP contribution < -0.4 is 21.3 Å². The van der Waals surface area contributed by atoms with E-state index in [0.29, 0.717) is 22.3 Å². The van der Waals surface area contributed by atoms with Crippen LogP contribution in [-0.2, 0) is 0 Å². The lowest BCUT2D eigenvalue weighted by Gasteiger charge is -2.34. The monoisotopic (exact) mass is 429 g/mol. The summed E-state index contributed by atoms with van der Waals surface area (Å²) in [6.07, 6.45) is 3.43. The average Bonchev–Trinajstić information content (AvgIpc) is 3.08. The number of pyridine rings is 1. The Labute approximate surface area is 179 Å². The fourth-order valence-corrected chi connectivity index (χ4v) is 4.13. The highest BCUT2D eigenvalue weighted by atomic mass is 35.5. The number of nitrogens with one attached hydrogen (secondary N) is 2. The first-order valence-corrected chi connectivity index (χ1v) is 10.2. The molecule has 2 aromatic heterocycles. The van der Waals surface area contributed by atoms with Crippen molar-refractivity contribution in [3.63, 3.8) is 0 Å². The van der Waals surface area contributed by atoms with Crippen molar-refractivity contribution in [3.05, 3.63) is 52.7 Å². The van der Waals surface area contributed by atoms with E-state index >= 15 is 0 Å². The number of imidazole rings is 1. The maximum Gasteiger partial charge on any atom is 0.173 e. The molecule has 4 rings (SSSR count). The van der Waals surface area contributed by atoms with Crippen LogP contribution in [0.15, 0.2) is 35.6 Å². The molecule has 1 saturated heterocycles. The normalized spacial score (nSPS) is 17.6. The van der Waals surface area contributed by atoms with Crippen LogP contribution in [0, 0.1) is 12.7 Å². The van der Waals surface area contributed by atoms with Crippen LogP contribution in [0.25, 0.3) is 5.65 Å². The van der Waals surface area contributed by atoms with Gasteiger partial charge in [0.2, 0.25) is 0 Å². The van der Waals surface area contributed by atoms with Crippen molar-refractivity contribution in [2.24, 2.45) is 10.7 Å². The molecular weight excluding hydrogens is 405 g/mol. The van der Waals surface area contributed by atoms with Gasteiger partial charge in [-0.1, -0.05) is 11.6 Å². The lowest BCUT2D eigenvalue weighted by molar-refractivity contribution is 0.485. The molecule has 3 aromatic rings. The summed E-state index contributed by atoms with van der Waals surface area (Å²) in [5.41, 5.74) is 10.1. The van der Waals surface area contributed by atoms with Gasteiger partial charge in [-0.25, -0.2) is 14.4 Å². The van der Waals surface area contributed by atoms with E-state index in [1.807, 2.05) is 26.1 Å². The first-order valence-electron chi connectivity index (χ1n) is 9.84. The van der Waals surface area contributed by atoms with Crippen molar-refractivity contribution < 1.29 is 4.39 Å². The molecule has 1 unspecified atom stereocenters. The summed E-state index contributed by atoms with van der Waals surface area (Å²) < 4.78 is 16.0. The number of hydrogen-bond acceptors (Lipinski definition) is 5. The van der Waals surface area contributed by atoms with Gasteiger partial charge >= 0.3 is 0 Å². The number of amidine groups is 1. The van der Waals surface area contributed by atoms with Crippen LogP contribution in [0.5, 0.6) is 0 Å². The summed E-state index contributed by atoms with van der Waals surface area (Å²) in [7, 11) is 1.81. The number of fused-ring (bicyclic) bond motifs is 1. The number of nitrogens with zero attached hydrogens (tertiary/aromatic N) is 4. The Morgan fingerprint density at radius 1 is 1.37 bits per heavy atom. The molecule has 9 heteroatoms. The van der Waals surface area contributed by atoms with E-state index in [1.165, 1.54) is 6.07 Å². The number of hydrogen-bond donors (Lipinski definition) is 3. The maximum atomic E-state index is 14.4. The Hall–Kier alpha value is -2.84. The topological polar surface area (TPSA) is 83.0 Å². The Kier molecular flexibility index (Phi) is 5.53. The lowest BCUT2D eigenvalue weighted by Crippen LogP contribution is -2.49. The van der Waals surface area contributed by atoms with Crippen molar-refractivity contribution in [2.45, 2.75) is 19.9 Å². The summed E-state index contributed by atoms with van der Waals surface area (Å²) in [4.78, 5) is 10.9. The molecule has 0 spiro atoms. The standard InChI is InChI=1S/C21H25ClFN7/c1-12-9-29(5-4-26-12)15-7-16(22)19(18(8-15)25-3)20(24)28-14-6-17(23)21-27-13(2)10-30(21)11-14/h6-8,10-12,25-26H,4-5,9H2,1-3H3,(H2,24,28). The van der Waals surface area contributed by atoms with E-state index in [2.05, 4.69) is 32.4 Å². The van der Waals surface area contributed by atoms with Crippen LogP contribution in [0.3, 0.4) is 0 Å².